The summed E-state index contributed by atoms with van der Waals surface area (Å²) in [5.74, 6) is -11.0. The second-order valence-electron chi connectivity index (χ2n) is 3.87. The average molecular weight is 392 g/mol. The lowest BCUT2D eigenvalue weighted by molar-refractivity contribution is -0.276. The van der Waals surface area contributed by atoms with Gasteiger partial charge >= 0.3 is 39.4 Å². The summed E-state index contributed by atoms with van der Waals surface area (Å²) in [7, 11) is -6.19. The largest absolute Gasteiger partial charge is 0.453 e. The van der Waals surface area contributed by atoms with Crippen LogP contribution < -0.4 is 0 Å². The van der Waals surface area contributed by atoms with Gasteiger partial charge in [0.1, 0.15) is 0 Å². The van der Waals surface area contributed by atoms with Crippen molar-refractivity contribution in [2.45, 2.75) is 23.5 Å². The third-order valence-corrected chi connectivity index (χ3v) is 2.92. The fraction of sp³-hybridized carbons (Fsp3) is 0.556. The molecule has 0 amide bonds. The number of hydrogen-bond donors (Lipinski definition) is 1. The molecule has 1 N–H and O–H groups in total. The smallest absolute Gasteiger partial charge is 0.432 e. The van der Waals surface area contributed by atoms with Gasteiger partial charge in [-0.15, -0.1) is 0 Å². The van der Waals surface area contributed by atoms with Gasteiger partial charge < -0.3 is 9.47 Å². The maximum Gasteiger partial charge on any atom is 0.432 e. The van der Waals surface area contributed by atoms with Crippen molar-refractivity contribution in [3.05, 3.63) is 12.7 Å². The highest BCUT2D eigenvalue weighted by Crippen LogP contribution is 2.36. The number of hydrogen-bond acceptors (Lipinski definition) is 6. The zero-order chi connectivity index (χ0) is 19.6. The van der Waals surface area contributed by atoms with E-state index in [1.807, 2.05) is 0 Å². The first-order chi connectivity index (χ1) is 10.5. The molecule has 0 aromatic heterocycles. The van der Waals surface area contributed by atoms with Crippen LogP contribution in [0.15, 0.2) is 12.7 Å². The minimum absolute atomic E-state index is 0.0483. The highest BCUT2D eigenvalue weighted by molar-refractivity contribution is 7.86. The van der Waals surface area contributed by atoms with Crippen molar-refractivity contribution in [2.75, 3.05) is 6.61 Å². The molecule has 0 spiro atoms. The van der Waals surface area contributed by atoms with Crippen molar-refractivity contribution in [2.24, 2.45) is 0 Å². The van der Waals surface area contributed by atoms with Gasteiger partial charge in [-0.25, -0.2) is 9.59 Å². The molecule has 0 fully saturated rings. The standard InChI is InChI=1S/C9H7F7O7S/c1-2-4(17)23-5(9(14,15)16)8(12,13)6(18)22-3-7(10,11)24(19,20)21/h2,5H,1,3H2,(H,19,20,21). The van der Waals surface area contributed by atoms with Crippen LogP contribution in [-0.4, -0.2) is 55.0 Å². The summed E-state index contributed by atoms with van der Waals surface area (Å²) in [5.41, 5.74) is 0. The zero-order valence-corrected chi connectivity index (χ0v) is 11.8. The molecule has 0 bridgehead atoms. The van der Waals surface area contributed by atoms with Crippen molar-refractivity contribution in [1.29, 1.82) is 0 Å². The van der Waals surface area contributed by atoms with Crippen LogP contribution in [0.2, 0.25) is 0 Å². The molecular weight excluding hydrogens is 385 g/mol. The molecule has 0 aliphatic heterocycles. The summed E-state index contributed by atoms with van der Waals surface area (Å²) >= 11 is 0. The lowest BCUT2D eigenvalue weighted by Gasteiger charge is -2.26. The molecule has 1 unspecified atom stereocenters. The van der Waals surface area contributed by atoms with E-state index in [2.05, 4.69) is 16.1 Å². The van der Waals surface area contributed by atoms with Gasteiger partial charge in [0.2, 0.25) is 0 Å². The van der Waals surface area contributed by atoms with Gasteiger partial charge in [0, 0.05) is 6.08 Å². The lowest BCUT2D eigenvalue weighted by Crippen LogP contribution is -2.53. The quantitative estimate of drug-likeness (QED) is 0.301. The minimum atomic E-state index is -6.19. The van der Waals surface area contributed by atoms with Crippen molar-refractivity contribution in [3.63, 3.8) is 0 Å². The van der Waals surface area contributed by atoms with Gasteiger partial charge in [-0.05, 0) is 0 Å². The van der Waals surface area contributed by atoms with E-state index in [9.17, 15) is 48.7 Å². The van der Waals surface area contributed by atoms with Gasteiger partial charge in [0.05, 0.1) is 0 Å². The average Bonchev–Trinajstić information content (AvgIpc) is 2.38. The van der Waals surface area contributed by atoms with Crippen LogP contribution in [0, 0.1) is 0 Å². The fourth-order valence-corrected chi connectivity index (χ4v) is 1.15. The van der Waals surface area contributed by atoms with Crippen LogP contribution in [0.1, 0.15) is 0 Å². The first-order valence-corrected chi connectivity index (χ1v) is 6.70. The highest BCUT2D eigenvalue weighted by atomic mass is 32.2. The van der Waals surface area contributed by atoms with Crippen molar-refractivity contribution in [1.82, 2.24) is 0 Å². The maximum atomic E-state index is 13.4. The molecular formula is C9H7F7O7S. The van der Waals surface area contributed by atoms with Crippen molar-refractivity contribution < 1.29 is 62.8 Å². The predicted molar refractivity (Wildman–Crippen MR) is 58.5 cm³/mol. The molecule has 1 atom stereocenters. The Hall–Kier alpha value is -1.90. The van der Waals surface area contributed by atoms with E-state index in [1.54, 1.807) is 0 Å². The van der Waals surface area contributed by atoms with Gasteiger partial charge in [-0.3, -0.25) is 4.55 Å². The Morgan fingerprint density at radius 2 is 1.58 bits per heavy atom. The summed E-state index contributed by atoms with van der Waals surface area (Å²) < 4.78 is 124. The Bertz CT molecular complexity index is 610. The Balaban J connectivity index is 5.40. The first-order valence-electron chi connectivity index (χ1n) is 5.26. The normalized spacial score (nSPS) is 14.7. The Labute approximate surface area is 128 Å². The molecule has 140 valence electrons. The summed E-state index contributed by atoms with van der Waals surface area (Å²) in [4.78, 5) is 21.5. The molecule has 0 aromatic rings. The van der Waals surface area contributed by atoms with Crippen LogP contribution in [-0.2, 0) is 29.2 Å². The number of rotatable bonds is 7. The third kappa shape index (κ3) is 5.33. The molecule has 7 nitrogen and oxygen atoms in total. The van der Waals surface area contributed by atoms with Gasteiger partial charge in [0.25, 0.3) is 6.10 Å². The van der Waals surface area contributed by atoms with E-state index in [-0.39, 0.29) is 6.08 Å². The Morgan fingerprint density at radius 1 is 1.12 bits per heavy atom. The second kappa shape index (κ2) is 6.92. The first kappa shape index (κ1) is 22.1. The van der Waals surface area contributed by atoms with E-state index < -0.39 is 52.1 Å². The highest BCUT2D eigenvalue weighted by Gasteiger charge is 2.64. The monoisotopic (exact) mass is 392 g/mol. The van der Waals surface area contributed by atoms with E-state index in [0.29, 0.717) is 0 Å². The number of carbonyl (C=O) groups is 2. The van der Waals surface area contributed by atoms with E-state index in [0.717, 1.165) is 0 Å². The second-order valence-corrected chi connectivity index (χ2v) is 5.42. The fourth-order valence-electron chi connectivity index (χ4n) is 0.938. The predicted octanol–water partition coefficient (Wildman–Crippen LogP) is 1.31. The van der Waals surface area contributed by atoms with E-state index in [4.69, 9.17) is 4.55 Å². The number of carbonyl (C=O) groups excluding carboxylic acids is 2. The van der Waals surface area contributed by atoms with Crippen LogP contribution in [0.4, 0.5) is 30.7 Å². The lowest BCUT2D eigenvalue weighted by atomic mass is 10.2. The van der Waals surface area contributed by atoms with E-state index >= 15 is 0 Å². The molecule has 15 heteroatoms. The van der Waals surface area contributed by atoms with Crippen LogP contribution in [0.3, 0.4) is 0 Å². The van der Waals surface area contributed by atoms with E-state index in [1.165, 1.54) is 0 Å². The molecule has 0 heterocycles. The molecule has 0 aliphatic carbocycles. The number of alkyl halides is 7. The molecule has 24 heavy (non-hydrogen) atoms. The molecule has 0 radical (unpaired) electrons. The SMILES string of the molecule is C=CC(=O)OC(C(F)(F)F)C(F)(F)C(=O)OCC(F)(F)S(=O)(=O)O. The molecule has 0 aromatic carbocycles. The Morgan fingerprint density at radius 3 is 1.92 bits per heavy atom. The molecule has 0 saturated carbocycles. The molecule has 0 rings (SSSR count). The zero-order valence-electron chi connectivity index (χ0n) is 11.0. The molecule has 0 saturated heterocycles. The van der Waals surface area contributed by atoms with Gasteiger partial charge in [0.15, 0.2) is 6.61 Å². The summed E-state index contributed by atoms with van der Waals surface area (Å²) in [6.07, 6.45) is -10.4. The molecule has 0 aliphatic rings. The third-order valence-electron chi connectivity index (χ3n) is 2.05. The van der Waals surface area contributed by atoms with Crippen molar-refractivity contribution >= 4 is 22.1 Å². The Kier molecular flexibility index (Phi) is 6.37. The topological polar surface area (TPSA) is 107 Å². The van der Waals surface area contributed by atoms with Crippen LogP contribution >= 0.6 is 0 Å². The number of halogens is 7. The maximum absolute atomic E-state index is 13.4. The summed E-state index contributed by atoms with van der Waals surface area (Å²) in [6, 6.07) is 0. The minimum Gasteiger partial charge on any atom is -0.453 e. The van der Waals surface area contributed by atoms with Gasteiger partial charge in [-0.2, -0.15) is 39.2 Å². The van der Waals surface area contributed by atoms with Gasteiger partial charge in [-0.1, -0.05) is 6.58 Å². The van der Waals surface area contributed by atoms with Crippen LogP contribution in [0.5, 0.6) is 0 Å². The summed E-state index contributed by atoms with van der Waals surface area (Å²) in [5, 5.41) is -5.26. The van der Waals surface area contributed by atoms with Crippen molar-refractivity contribution in [3.8, 4) is 0 Å². The van der Waals surface area contributed by atoms with Crippen LogP contribution in [0.25, 0.3) is 0 Å². The number of esters is 2. The summed E-state index contributed by atoms with van der Waals surface area (Å²) in [6.45, 7) is -0.0864. The number of ether oxygens (including phenoxy) is 2.